The summed E-state index contributed by atoms with van der Waals surface area (Å²) < 4.78 is 12.9. The molecule has 2 N–H and O–H groups in total. The highest BCUT2D eigenvalue weighted by atomic mass is 19.1. The second-order valence-corrected chi connectivity index (χ2v) is 6.21. The molecule has 0 atom stereocenters. The number of hydrogen-bond acceptors (Lipinski definition) is 4. The third-order valence-corrected chi connectivity index (χ3v) is 4.14. The zero-order valence-corrected chi connectivity index (χ0v) is 15.4. The third-order valence-electron chi connectivity index (χ3n) is 4.14. The largest absolute Gasteiger partial charge is 0.352 e. The first-order valence-electron chi connectivity index (χ1n) is 8.85. The van der Waals surface area contributed by atoms with Crippen LogP contribution in [0.3, 0.4) is 0 Å². The van der Waals surface area contributed by atoms with Crippen LogP contribution in [0.1, 0.15) is 32.0 Å². The number of nitriles is 1. The van der Waals surface area contributed by atoms with Crippen molar-refractivity contribution in [1.82, 2.24) is 10.3 Å². The molecule has 0 radical (unpaired) electrons. The van der Waals surface area contributed by atoms with Crippen LogP contribution in [0.25, 0.3) is 0 Å². The number of benzene rings is 2. The van der Waals surface area contributed by atoms with E-state index >= 15 is 0 Å². The Labute approximate surface area is 167 Å². The zero-order chi connectivity index (χ0) is 20.6. The highest BCUT2D eigenvalue weighted by Gasteiger charge is 2.12. The summed E-state index contributed by atoms with van der Waals surface area (Å²) in [7, 11) is 0. The van der Waals surface area contributed by atoms with Gasteiger partial charge in [-0.2, -0.15) is 5.26 Å². The van der Waals surface area contributed by atoms with Crippen molar-refractivity contribution in [2.24, 2.45) is 0 Å². The molecule has 3 rings (SSSR count). The van der Waals surface area contributed by atoms with Crippen molar-refractivity contribution in [3.05, 3.63) is 95.1 Å². The fraction of sp³-hybridized carbons (Fsp3) is 0.0909. The molecule has 0 saturated heterocycles. The molecule has 0 unspecified atom stereocenters. The van der Waals surface area contributed by atoms with Crippen LogP contribution in [-0.4, -0.2) is 23.3 Å². The summed E-state index contributed by atoms with van der Waals surface area (Å²) >= 11 is 0. The van der Waals surface area contributed by atoms with Gasteiger partial charge in [-0.1, -0.05) is 12.1 Å². The first-order chi connectivity index (χ1) is 14.0. The molecule has 7 heteroatoms. The fourth-order valence-electron chi connectivity index (χ4n) is 2.59. The molecule has 0 bridgehead atoms. The van der Waals surface area contributed by atoms with E-state index in [-0.39, 0.29) is 17.4 Å². The van der Waals surface area contributed by atoms with Crippen molar-refractivity contribution in [2.75, 3.05) is 11.9 Å². The fourth-order valence-corrected chi connectivity index (χ4v) is 2.59. The normalized spacial score (nSPS) is 10.1. The lowest BCUT2D eigenvalue weighted by atomic mass is 10.1. The van der Waals surface area contributed by atoms with Gasteiger partial charge in [-0.25, -0.2) is 4.39 Å². The van der Waals surface area contributed by atoms with E-state index in [1.54, 1.807) is 36.4 Å². The van der Waals surface area contributed by atoms with Crippen molar-refractivity contribution in [1.29, 1.82) is 5.26 Å². The number of carbonyl (C=O) groups is 2. The van der Waals surface area contributed by atoms with Crippen LogP contribution in [0.2, 0.25) is 0 Å². The average Bonchev–Trinajstić information content (AvgIpc) is 2.75. The first kappa shape index (κ1) is 19.7. The van der Waals surface area contributed by atoms with Crippen molar-refractivity contribution < 1.29 is 14.0 Å². The van der Waals surface area contributed by atoms with E-state index in [0.717, 1.165) is 5.56 Å². The minimum atomic E-state index is -0.462. The Morgan fingerprint density at radius 1 is 1.00 bits per heavy atom. The number of nitrogens with one attached hydrogen (secondary N) is 2. The minimum Gasteiger partial charge on any atom is -0.352 e. The molecular formula is C22H17FN4O2. The molecule has 1 heterocycles. The van der Waals surface area contributed by atoms with E-state index in [4.69, 9.17) is 5.26 Å². The summed E-state index contributed by atoms with van der Waals surface area (Å²) in [5.41, 5.74) is 2.32. The number of pyridine rings is 1. The van der Waals surface area contributed by atoms with Crippen molar-refractivity contribution >= 4 is 17.5 Å². The van der Waals surface area contributed by atoms with Crippen molar-refractivity contribution in [3.63, 3.8) is 0 Å². The van der Waals surface area contributed by atoms with Crippen LogP contribution < -0.4 is 10.6 Å². The molecule has 29 heavy (non-hydrogen) atoms. The maximum absolute atomic E-state index is 12.9. The Morgan fingerprint density at radius 3 is 2.41 bits per heavy atom. The summed E-state index contributed by atoms with van der Waals surface area (Å²) in [5, 5.41) is 14.2. The molecule has 144 valence electrons. The molecule has 0 aliphatic heterocycles. The van der Waals surface area contributed by atoms with Crippen LogP contribution in [0, 0.1) is 17.1 Å². The monoisotopic (exact) mass is 388 g/mol. The van der Waals surface area contributed by atoms with Gasteiger partial charge in [0.1, 0.15) is 11.5 Å². The SMILES string of the molecule is N#Cc1ccc(NC(=O)c2cc(C(=O)NCCc3ccc(F)cc3)ccn2)cc1. The van der Waals surface area contributed by atoms with Gasteiger partial charge in [0.25, 0.3) is 11.8 Å². The minimum absolute atomic E-state index is 0.0977. The van der Waals surface area contributed by atoms with Gasteiger partial charge in [0.15, 0.2) is 0 Å². The van der Waals surface area contributed by atoms with Crippen LogP contribution in [0.4, 0.5) is 10.1 Å². The molecule has 0 fully saturated rings. The number of carbonyl (C=O) groups excluding carboxylic acids is 2. The molecule has 0 aliphatic rings. The van der Waals surface area contributed by atoms with Crippen molar-refractivity contribution in [3.8, 4) is 6.07 Å². The van der Waals surface area contributed by atoms with Gasteiger partial charge in [-0.3, -0.25) is 14.6 Å². The molecule has 6 nitrogen and oxygen atoms in total. The number of aromatic nitrogens is 1. The van der Waals surface area contributed by atoms with E-state index in [0.29, 0.717) is 29.8 Å². The van der Waals surface area contributed by atoms with E-state index in [9.17, 15) is 14.0 Å². The van der Waals surface area contributed by atoms with Gasteiger partial charge >= 0.3 is 0 Å². The topological polar surface area (TPSA) is 94.9 Å². The summed E-state index contributed by atoms with van der Waals surface area (Å²) in [6, 6.07) is 17.4. The van der Waals surface area contributed by atoms with Crippen molar-refractivity contribution in [2.45, 2.75) is 6.42 Å². The Balaban J connectivity index is 1.58. The molecular weight excluding hydrogens is 371 g/mol. The standard InChI is InChI=1S/C22H17FN4O2/c23-18-5-1-15(2-6-18)9-11-26-21(28)17-10-12-25-20(13-17)22(29)27-19-7-3-16(14-24)4-8-19/h1-8,10,12-13H,9,11H2,(H,26,28)(H,27,29). The third kappa shape index (κ3) is 5.47. The maximum atomic E-state index is 12.9. The highest BCUT2D eigenvalue weighted by molar-refractivity contribution is 6.04. The van der Waals surface area contributed by atoms with Gasteiger partial charge in [0.05, 0.1) is 11.6 Å². The Hall–Kier alpha value is -4.05. The van der Waals surface area contributed by atoms with Gasteiger partial charge in [-0.05, 0) is 60.5 Å². The lowest BCUT2D eigenvalue weighted by molar-refractivity contribution is 0.0954. The number of amides is 2. The van der Waals surface area contributed by atoms with E-state index in [2.05, 4.69) is 15.6 Å². The first-order valence-corrected chi connectivity index (χ1v) is 8.85. The average molecular weight is 388 g/mol. The summed E-state index contributed by atoms with van der Waals surface area (Å²) in [6.45, 7) is 0.375. The quantitative estimate of drug-likeness (QED) is 0.677. The van der Waals surface area contributed by atoms with Crippen LogP contribution in [0.5, 0.6) is 0 Å². The van der Waals surface area contributed by atoms with Gasteiger partial charge in [0.2, 0.25) is 0 Å². The predicted molar refractivity (Wildman–Crippen MR) is 106 cm³/mol. The molecule has 3 aromatic rings. The molecule has 1 aromatic heterocycles. The molecule has 0 spiro atoms. The molecule has 2 amide bonds. The Kier molecular flexibility index (Phi) is 6.28. The van der Waals surface area contributed by atoms with E-state index < -0.39 is 5.91 Å². The lowest BCUT2D eigenvalue weighted by Crippen LogP contribution is -2.26. The van der Waals surface area contributed by atoms with E-state index in [1.165, 1.54) is 30.5 Å². The summed E-state index contributed by atoms with van der Waals surface area (Å²) in [4.78, 5) is 28.7. The molecule has 0 aliphatic carbocycles. The molecule has 0 saturated carbocycles. The smallest absolute Gasteiger partial charge is 0.274 e. The second kappa shape index (κ2) is 9.24. The molecule has 2 aromatic carbocycles. The number of nitrogens with zero attached hydrogens (tertiary/aromatic N) is 2. The van der Waals surface area contributed by atoms with E-state index in [1.807, 2.05) is 6.07 Å². The summed E-state index contributed by atoms with van der Waals surface area (Å²) in [6.07, 6.45) is 1.95. The second-order valence-electron chi connectivity index (χ2n) is 6.21. The lowest BCUT2D eigenvalue weighted by Gasteiger charge is -2.08. The zero-order valence-electron chi connectivity index (χ0n) is 15.4. The van der Waals surface area contributed by atoms with Gasteiger partial charge in [-0.15, -0.1) is 0 Å². The Bertz CT molecular complexity index is 1060. The number of halogens is 1. The number of rotatable bonds is 6. The van der Waals surface area contributed by atoms with Gasteiger partial charge in [0, 0.05) is 24.0 Å². The summed E-state index contributed by atoms with van der Waals surface area (Å²) in [5.74, 6) is -1.10. The number of anilines is 1. The van der Waals surface area contributed by atoms with Crippen LogP contribution in [-0.2, 0) is 6.42 Å². The highest BCUT2D eigenvalue weighted by Crippen LogP contribution is 2.11. The maximum Gasteiger partial charge on any atom is 0.274 e. The Morgan fingerprint density at radius 2 is 1.72 bits per heavy atom. The van der Waals surface area contributed by atoms with Gasteiger partial charge < -0.3 is 10.6 Å². The predicted octanol–water partition coefficient (Wildman–Crippen LogP) is 3.32. The van der Waals surface area contributed by atoms with Crippen LogP contribution >= 0.6 is 0 Å². The number of hydrogen-bond donors (Lipinski definition) is 2. The van der Waals surface area contributed by atoms with Crippen LogP contribution in [0.15, 0.2) is 66.9 Å².